The van der Waals surface area contributed by atoms with Crippen LogP contribution in [0.1, 0.15) is 37.0 Å². The molecule has 9 heteroatoms. The van der Waals surface area contributed by atoms with E-state index in [1.807, 2.05) is 37.3 Å². The first kappa shape index (κ1) is 25.5. The van der Waals surface area contributed by atoms with E-state index in [0.717, 1.165) is 0 Å². The molecule has 1 fully saturated rings. The van der Waals surface area contributed by atoms with E-state index in [9.17, 15) is 19.2 Å². The minimum absolute atomic E-state index is 0.0413. The first-order chi connectivity index (χ1) is 17.2. The number of allylic oxidation sites excluding steroid dienone is 2. The summed E-state index contributed by atoms with van der Waals surface area (Å²) in [6, 6.07) is 7.82. The van der Waals surface area contributed by atoms with Gasteiger partial charge in [0.1, 0.15) is 18.4 Å². The molecule has 3 aliphatic rings. The molecule has 1 saturated heterocycles. The number of hydrogen-bond acceptors (Lipinski definition) is 5. The van der Waals surface area contributed by atoms with Crippen LogP contribution in [0.2, 0.25) is 0 Å². The number of rotatable bonds is 2. The van der Waals surface area contributed by atoms with Gasteiger partial charge in [0, 0.05) is 38.2 Å². The van der Waals surface area contributed by atoms with Crippen LogP contribution in [0, 0.1) is 11.8 Å². The molecule has 2 unspecified atom stereocenters. The zero-order chi connectivity index (χ0) is 25.8. The molecule has 1 aromatic rings. The Morgan fingerprint density at radius 1 is 1.14 bits per heavy atom. The Kier molecular flexibility index (Phi) is 7.76. The van der Waals surface area contributed by atoms with Gasteiger partial charge < -0.3 is 25.2 Å². The minimum Gasteiger partial charge on any atom is -0.492 e. The van der Waals surface area contributed by atoms with Crippen LogP contribution >= 0.6 is 0 Å². The summed E-state index contributed by atoms with van der Waals surface area (Å²) in [5.41, 5.74) is 0.564. The quantitative estimate of drug-likeness (QED) is 0.648. The van der Waals surface area contributed by atoms with Crippen LogP contribution < -0.4 is 10.6 Å². The lowest BCUT2D eigenvalue weighted by Gasteiger charge is -2.30. The second-order valence-corrected chi connectivity index (χ2v) is 9.76. The maximum absolute atomic E-state index is 13.2. The van der Waals surface area contributed by atoms with Gasteiger partial charge >= 0.3 is 0 Å². The highest BCUT2D eigenvalue weighted by Crippen LogP contribution is 2.27. The Labute approximate surface area is 211 Å². The van der Waals surface area contributed by atoms with Crippen molar-refractivity contribution in [3.8, 4) is 0 Å². The third-order valence-electron chi connectivity index (χ3n) is 7.25. The van der Waals surface area contributed by atoms with Gasteiger partial charge in [-0.15, -0.1) is 0 Å². The highest BCUT2D eigenvalue weighted by atomic mass is 16.5. The van der Waals surface area contributed by atoms with Crippen molar-refractivity contribution < 1.29 is 23.9 Å². The summed E-state index contributed by atoms with van der Waals surface area (Å²) in [7, 11) is 1.62. The van der Waals surface area contributed by atoms with Gasteiger partial charge in [0.2, 0.25) is 17.7 Å². The van der Waals surface area contributed by atoms with E-state index >= 15 is 0 Å². The molecule has 0 aromatic heterocycles. The SMILES string of the molecule is CC1C=CC2=CC1C(=O)N(C)[C@@H](C)C(=O)NCCC(=O)N1C[C@H](NC(=O)c3ccccc3)C[C@H]1CO2. The monoisotopic (exact) mass is 494 g/mol. The van der Waals surface area contributed by atoms with Gasteiger partial charge in [-0.25, -0.2) is 0 Å². The molecule has 9 nitrogen and oxygen atoms in total. The molecule has 0 saturated carbocycles. The summed E-state index contributed by atoms with van der Waals surface area (Å²) in [6.45, 7) is 4.41. The normalized spacial score (nSPS) is 29.4. The molecule has 2 aliphatic heterocycles. The second kappa shape index (κ2) is 11.0. The Hall–Kier alpha value is -3.62. The molecule has 192 valence electrons. The van der Waals surface area contributed by atoms with Crippen LogP contribution in [0.4, 0.5) is 0 Å². The number of nitrogens with zero attached hydrogens (tertiary/aromatic N) is 2. The Bertz CT molecular complexity index is 1070. The first-order valence-corrected chi connectivity index (χ1v) is 12.5. The van der Waals surface area contributed by atoms with Crippen LogP contribution in [0.25, 0.3) is 0 Å². The lowest BCUT2D eigenvalue weighted by Crippen LogP contribution is -2.49. The summed E-state index contributed by atoms with van der Waals surface area (Å²) < 4.78 is 6.08. The fraction of sp³-hybridized carbons (Fsp3) is 0.481. The number of nitrogens with one attached hydrogen (secondary N) is 2. The first-order valence-electron chi connectivity index (χ1n) is 12.5. The highest BCUT2D eigenvalue weighted by molar-refractivity contribution is 5.94. The number of hydrogen-bond donors (Lipinski definition) is 2. The van der Waals surface area contributed by atoms with E-state index in [0.29, 0.717) is 24.3 Å². The Balaban J connectivity index is 1.53. The van der Waals surface area contributed by atoms with Crippen molar-refractivity contribution in [1.29, 1.82) is 0 Å². The van der Waals surface area contributed by atoms with Gasteiger partial charge in [-0.3, -0.25) is 19.2 Å². The average molecular weight is 495 g/mol. The second-order valence-electron chi connectivity index (χ2n) is 9.76. The van der Waals surface area contributed by atoms with Crippen molar-refractivity contribution in [3.05, 3.63) is 59.9 Å². The Morgan fingerprint density at radius 3 is 2.64 bits per heavy atom. The molecule has 1 aromatic carbocycles. The van der Waals surface area contributed by atoms with E-state index in [1.54, 1.807) is 37.1 Å². The van der Waals surface area contributed by atoms with Crippen molar-refractivity contribution in [2.24, 2.45) is 11.8 Å². The minimum atomic E-state index is -0.675. The Morgan fingerprint density at radius 2 is 1.89 bits per heavy atom. The number of amides is 4. The van der Waals surface area contributed by atoms with Crippen molar-refractivity contribution in [1.82, 2.24) is 20.4 Å². The van der Waals surface area contributed by atoms with Gasteiger partial charge in [0.15, 0.2) is 0 Å². The number of benzene rings is 1. The van der Waals surface area contributed by atoms with E-state index in [2.05, 4.69) is 10.6 Å². The predicted molar refractivity (Wildman–Crippen MR) is 134 cm³/mol. The average Bonchev–Trinajstić information content (AvgIpc) is 3.29. The molecular formula is C27H34N4O5. The number of carbonyl (C=O) groups excluding carboxylic acids is 4. The molecule has 2 N–H and O–H groups in total. The van der Waals surface area contributed by atoms with Crippen LogP contribution in [0.5, 0.6) is 0 Å². The van der Waals surface area contributed by atoms with Gasteiger partial charge in [-0.1, -0.05) is 31.2 Å². The zero-order valence-corrected chi connectivity index (χ0v) is 21.0. The summed E-state index contributed by atoms with van der Waals surface area (Å²) in [6.07, 6.45) is 6.23. The lowest BCUT2D eigenvalue weighted by molar-refractivity contribution is -0.141. The third kappa shape index (κ3) is 5.61. The van der Waals surface area contributed by atoms with Crippen molar-refractivity contribution in [2.75, 3.05) is 26.7 Å². The zero-order valence-electron chi connectivity index (χ0n) is 21.0. The number of fused-ring (bicyclic) bond motifs is 2. The topological polar surface area (TPSA) is 108 Å². The van der Waals surface area contributed by atoms with Crippen LogP contribution in [0.3, 0.4) is 0 Å². The molecule has 0 radical (unpaired) electrons. The molecule has 0 spiro atoms. The molecule has 36 heavy (non-hydrogen) atoms. The van der Waals surface area contributed by atoms with Gasteiger partial charge in [-0.2, -0.15) is 0 Å². The number of ether oxygens (including phenoxy) is 1. The molecule has 2 heterocycles. The predicted octanol–water partition coefficient (Wildman–Crippen LogP) is 1.48. The van der Waals surface area contributed by atoms with Crippen LogP contribution in [0.15, 0.2) is 54.3 Å². The fourth-order valence-corrected chi connectivity index (χ4v) is 4.86. The lowest BCUT2D eigenvalue weighted by atomic mass is 9.88. The summed E-state index contributed by atoms with van der Waals surface area (Å²) in [4.78, 5) is 54.8. The van der Waals surface area contributed by atoms with E-state index in [-0.39, 0.29) is 61.2 Å². The van der Waals surface area contributed by atoms with E-state index < -0.39 is 12.0 Å². The number of carbonyl (C=O) groups is 4. The van der Waals surface area contributed by atoms with Crippen molar-refractivity contribution >= 4 is 23.6 Å². The largest absolute Gasteiger partial charge is 0.492 e. The van der Waals surface area contributed by atoms with E-state index in [4.69, 9.17) is 4.74 Å². The van der Waals surface area contributed by atoms with Crippen molar-refractivity contribution in [3.63, 3.8) is 0 Å². The molecule has 4 amide bonds. The maximum Gasteiger partial charge on any atom is 0.251 e. The van der Waals surface area contributed by atoms with Gasteiger partial charge in [0.05, 0.1) is 12.0 Å². The van der Waals surface area contributed by atoms with Crippen LogP contribution in [-0.2, 0) is 19.1 Å². The summed E-state index contributed by atoms with van der Waals surface area (Å²) in [5.74, 6) is -0.694. The molecule has 2 bridgehead atoms. The summed E-state index contributed by atoms with van der Waals surface area (Å²) in [5, 5.41) is 5.82. The van der Waals surface area contributed by atoms with Gasteiger partial charge in [-0.05, 0) is 43.5 Å². The third-order valence-corrected chi connectivity index (χ3v) is 7.25. The van der Waals surface area contributed by atoms with Crippen LogP contribution in [-0.4, -0.2) is 78.3 Å². The van der Waals surface area contributed by atoms with E-state index in [1.165, 1.54) is 4.90 Å². The standard InChI is InChI=1S/C27H34N4O5/c1-17-9-10-22-14-23(17)27(35)30(3)18(2)25(33)28-12-11-24(32)31-15-20(13-21(31)16-36-22)29-26(34)19-7-5-4-6-8-19/h4-10,14,17-18,20-21,23H,11-13,15-16H2,1-3H3,(H,28,33)(H,29,34)/t17?,18-,20+,21-,23?/m0/s1. The molecular weight excluding hydrogens is 460 g/mol. The smallest absolute Gasteiger partial charge is 0.251 e. The maximum atomic E-state index is 13.2. The molecule has 5 atom stereocenters. The molecule has 1 aliphatic carbocycles. The van der Waals surface area contributed by atoms with Crippen molar-refractivity contribution in [2.45, 2.75) is 44.8 Å². The van der Waals surface area contributed by atoms with Gasteiger partial charge in [0.25, 0.3) is 5.91 Å². The highest BCUT2D eigenvalue weighted by Gasteiger charge is 2.37. The summed E-state index contributed by atoms with van der Waals surface area (Å²) >= 11 is 0. The molecule has 4 rings (SSSR count). The number of likely N-dealkylation sites (N-methyl/N-ethyl adjacent to an activating group) is 1. The fourth-order valence-electron chi connectivity index (χ4n) is 4.86.